The zero-order valence-electron chi connectivity index (χ0n) is 14.9. The van der Waals surface area contributed by atoms with Crippen LogP contribution in [0.5, 0.6) is 0 Å². The van der Waals surface area contributed by atoms with Crippen LogP contribution in [-0.4, -0.2) is 34.0 Å². The highest BCUT2D eigenvalue weighted by atomic mass is 16.5. The van der Waals surface area contributed by atoms with Crippen molar-refractivity contribution in [2.75, 3.05) is 13.1 Å². The zero-order valence-corrected chi connectivity index (χ0v) is 14.9. The summed E-state index contributed by atoms with van der Waals surface area (Å²) >= 11 is 0. The summed E-state index contributed by atoms with van der Waals surface area (Å²) in [7, 11) is 0. The number of rotatable bonds is 4. The van der Waals surface area contributed by atoms with Crippen molar-refractivity contribution in [1.82, 2.24) is 15.0 Å². The molecule has 2 aliphatic rings. The molecular weight excluding hydrogens is 314 g/mol. The third-order valence-electron chi connectivity index (χ3n) is 5.47. The molecule has 1 aliphatic heterocycles. The summed E-state index contributed by atoms with van der Waals surface area (Å²) in [5.41, 5.74) is 1.29. The molecule has 0 radical (unpaired) electrons. The van der Waals surface area contributed by atoms with Gasteiger partial charge < -0.3 is 9.42 Å². The molecular formula is C20H25N3O2. The second-order valence-corrected chi connectivity index (χ2v) is 7.60. The van der Waals surface area contributed by atoms with Gasteiger partial charge in [0.1, 0.15) is 0 Å². The lowest BCUT2D eigenvalue weighted by Gasteiger charge is -2.30. The molecule has 1 saturated carbocycles. The molecule has 0 spiro atoms. The largest absolute Gasteiger partial charge is 0.342 e. The molecule has 0 unspecified atom stereocenters. The van der Waals surface area contributed by atoms with Gasteiger partial charge >= 0.3 is 0 Å². The van der Waals surface area contributed by atoms with Crippen LogP contribution in [-0.2, 0) is 4.79 Å². The van der Waals surface area contributed by atoms with Crippen molar-refractivity contribution >= 4 is 5.91 Å². The van der Waals surface area contributed by atoms with E-state index in [1.165, 1.54) is 5.56 Å². The van der Waals surface area contributed by atoms with Crippen LogP contribution >= 0.6 is 0 Å². The molecule has 5 nitrogen and oxygen atoms in total. The maximum absolute atomic E-state index is 12.8. The Balaban J connectivity index is 1.32. The van der Waals surface area contributed by atoms with Gasteiger partial charge in [-0.25, -0.2) is 0 Å². The molecule has 4 rings (SSSR count). The number of aromatic nitrogens is 2. The van der Waals surface area contributed by atoms with Crippen molar-refractivity contribution in [2.24, 2.45) is 5.92 Å². The summed E-state index contributed by atoms with van der Waals surface area (Å²) in [5.74, 6) is 2.99. The Morgan fingerprint density at radius 2 is 1.92 bits per heavy atom. The van der Waals surface area contributed by atoms with Gasteiger partial charge in [0.15, 0.2) is 5.82 Å². The van der Waals surface area contributed by atoms with E-state index in [-0.39, 0.29) is 17.8 Å². The predicted molar refractivity (Wildman–Crippen MR) is 94.2 cm³/mol. The summed E-state index contributed by atoms with van der Waals surface area (Å²) in [6.45, 7) is 5.71. The maximum atomic E-state index is 12.8. The third-order valence-corrected chi connectivity index (χ3v) is 5.47. The van der Waals surface area contributed by atoms with Crippen molar-refractivity contribution in [1.29, 1.82) is 0 Å². The molecule has 5 heteroatoms. The molecule has 1 aromatic heterocycles. The van der Waals surface area contributed by atoms with Gasteiger partial charge in [-0.15, -0.1) is 0 Å². The molecule has 2 aromatic rings. The van der Waals surface area contributed by atoms with E-state index in [0.717, 1.165) is 44.1 Å². The molecule has 1 aromatic carbocycles. The lowest BCUT2D eigenvalue weighted by atomic mass is 9.96. The summed E-state index contributed by atoms with van der Waals surface area (Å²) in [4.78, 5) is 19.3. The Morgan fingerprint density at radius 1 is 1.20 bits per heavy atom. The van der Waals surface area contributed by atoms with Gasteiger partial charge in [-0.3, -0.25) is 4.79 Å². The van der Waals surface area contributed by atoms with E-state index < -0.39 is 0 Å². The zero-order chi connectivity index (χ0) is 17.4. The van der Waals surface area contributed by atoms with Crippen molar-refractivity contribution in [3.63, 3.8) is 0 Å². The summed E-state index contributed by atoms with van der Waals surface area (Å²) < 4.78 is 5.43. The first-order chi connectivity index (χ1) is 12.1. The molecule has 0 N–H and O–H groups in total. The summed E-state index contributed by atoms with van der Waals surface area (Å²) in [6, 6.07) is 10.4. The van der Waals surface area contributed by atoms with Gasteiger partial charge in [-0.1, -0.05) is 49.3 Å². The van der Waals surface area contributed by atoms with E-state index in [9.17, 15) is 4.79 Å². The summed E-state index contributed by atoms with van der Waals surface area (Å²) in [5, 5.41) is 4.06. The highest BCUT2D eigenvalue weighted by molar-refractivity contribution is 5.83. The van der Waals surface area contributed by atoms with Crippen molar-refractivity contribution in [3.8, 4) is 0 Å². The Morgan fingerprint density at radius 3 is 2.56 bits per heavy atom. The number of carbonyl (C=O) groups excluding carboxylic acids is 1. The number of carbonyl (C=O) groups is 1. The van der Waals surface area contributed by atoms with E-state index in [1.807, 2.05) is 11.0 Å². The quantitative estimate of drug-likeness (QED) is 0.852. The predicted octanol–water partition coefficient (Wildman–Crippen LogP) is 3.70. The van der Waals surface area contributed by atoms with E-state index in [1.54, 1.807) is 0 Å². The fourth-order valence-electron chi connectivity index (χ4n) is 3.77. The molecule has 1 saturated heterocycles. The number of benzene rings is 1. The number of nitrogens with zero attached hydrogens (tertiary/aromatic N) is 3. The first-order valence-corrected chi connectivity index (χ1v) is 9.30. The third kappa shape index (κ3) is 3.32. The number of likely N-dealkylation sites (tertiary alicyclic amines) is 1. The monoisotopic (exact) mass is 339 g/mol. The SMILES string of the molecule is CC(C)c1noc(C2CCN(C(=O)[C@@H]3C[C@H]3c3ccccc3)CC2)n1. The molecule has 2 atom stereocenters. The van der Waals surface area contributed by atoms with E-state index >= 15 is 0 Å². The highest BCUT2D eigenvalue weighted by Gasteiger charge is 2.46. The number of amides is 1. The Bertz CT molecular complexity index is 732. The van der Waals surface area contributed by atoms with Gasteiger partial charge in [0, 0.05) is 30.8 Å². The average molecular weight is 339 g/mol. The van der Waals surface area contributed by atoms with Crippen LogP contribution in [0.2, 0.25) is 0 Å². The second-order valence-electron chi connectivity index (χ2n) is 7.60. The minimum atomic E-state index is 0.176. The van der Waals surface area contributed by atoms with Crippen LogP contribution in [0.25, 0.3) is 0 Å². The van der Waals surface area contributed by atoms with Crippen LogP contribution in [0.3, 0.4) is 0 Å². The van der Waals surface area contributed by atoms with Gasteiger partial charge in [0.25, 0.3) is 0 Å². The van der Waals surface area contributed by atoms with Gasteiger partial charge in [0.2, 0.25) is 11.8 Å². The molecule has 0 bridgehead atoms. The second kappa shape index (κ2) is 6.62. The van der Waals surface area contributed by atoms with Gasteiger partial charge in [-0.05, 0) is 30.7 Å². The molecule has 25 heavy (non-hydrogen) atoms. The van der Waals surface area contributed by atoms with E-state index in [4.69, 9.17) is 4.52 Å². The maximum Gasteiger partial charge on any atom is 0.229 e. The van der Waals surface area contributed by atoms with Crippen LogP contribution in [0.1, 0.15) is 68.1 Å². The summed E-state index contributed by atoms with van der Waals surface area (Å²) in [6.07, 6.45) is 2.81. The van der Waals surface area contributed by atoms with Crippen LogP contribution < -0.4 is 0 Å². The lowest BCUT2D eigenvalue weighted by molar-refractivity contribution is -0.133. The standard InChI is InChI=1S/C20H25N3O2/c1-13(2)18-21-19(25-22-18)15-8-10-23(11-9-15)20(24)17-12-16(17)14-6-4-3-5-7-14/h3-7,13,15-17H,8-12H2,1-2H3/t16-,17+/m0/s1. The fourth-order valence-corrected chi connectivity index (χ4v) is 3.77. The Labute approximate surface area is 148 Å². The normalized spacial score (nSPS) is 23.9. The first-order valence-electron chi connectivity index (χ1n) is 9.30. The topological polar surface area (TPSA) is 59.2 Å². The minimum absolute atomic E-state index is 0.176. The fraction of sp³-hybridized carbons (Fsp3) is 0.550. The number of hydrogen-bond acceptors (Lipinski definition) is 4. The lowest BCUT2D eigenvalue weighted by Crippen LogP contribution is -2.39. The molecule has 1 aliphatic carbocycles. The van der Waals surface area contributed by atoms with Crippen molar-refractivity contribution in [3.05, 3.63) is 47.6 Å². The van der Waals surface area contributed by atoms with Gasteiger partial charge in [0.05, 0.1) is 0 Å². The molecule has 2 heterocycles. The Kier molecular flexibility index (Phi) is 4.32. The first kappa shape index (κ1) is 16.3. The average Bonchev–Trinajstić information content (AvgIpc) is 3.29. The van der Waals surface area contributed by atoms with Crippen molar-refractivity contribution in [2.45, 2.75) is 50.9 Å². The Hall–Kier alpha value is -2.17. The molecule has 1 amide bonds. The highest BCUT2D eigenvalue weighted by Crippen LogP contribution is 2.48. The van der Waals surface area contributed by atoms with E-state index in [2.05, 4.69) is 48.3 Å². The van der Waals surface area contributed by atoms with Crippen LogP contribution in [0.4, 0.5) is 0 Å². The smallest absolute Gasteiger partial charge is 0.229 e. The number of piperidine rings is 1. The van der Waals surface area contributed by atoms with E-state index in [0.29, 0.717) is 11.8 Å². The van der Waals surface area contributed by atoms with Crippen LogP contribution in [0, 0.1) is 5.92 Å². The van der Waals surface area contributed by atoms with Crippen LogP contribution in [0.15, 0.2) is 34.9 Å². The molecule has 2 fully saturated rings. The molecule has 132 valence electrons. The van der Waals surface area contributed by atoms with Crippen molar-refractivity contribution < 1.29 is 9.32 Å². The minimum Gasteiger partial charge on any atom is -0.342 e. The van der Waals surface area contributed by atoms with Gasteiger partial charge in [-0.2, -0.15) is 4.98 Å². The number of hydrogen-bond donors (Lipinski definition) is 0.